The zero-order valence-corrected chi connectivity index (χ0v) is 11.8. The van der Waals surface area contributed by atoms with E-state index in [1.54, 1.807) is 7.11 Å². The van der Waals surface area contributed by atoms with Crippen LogP contribution in [0.1, 0.15) is 55.8 Å². The Kier molecular flexibility index (Phi) is 4.07. The van der Waals surface area contributed by atoms with Crippen molar-refractivity contribution in [1.29, 1.82) is 0 Å². The fourth-order valence-corrected chi connectivity index (χ4v) is 3.22. The maximum absolute atomic E-state index is 6.54. The first kappa shape index (κ1) is 13.6. The zero-order valence-electron chi connectivity index (χ0n) is 11.8. The van der Waals surface area contributed by atoms with Crippen molar-refractivity contribution < 1.29 is 4.74 Å². The molecule has 2 rings (SSSR count). The normalized spacial score (nSPS) is 21.6. The monoisotopic (exact) mass is 251 g/mol. The first-order chi connectivity index (χ1) is 8.60. The maximum atomic E-state index is 6.54. The Balaban J connectivity index is 2.31. The van der Waals surface area contributed by atoms with E-state index >= 15 is 0 Å². The number of hydrogen-bond donors (Lipinski definition) is 1. The number of hydrogen-bond acceptors (Lipinski definition) is 3. The Morgan fingerprint density at radius 2 is 1.94 bits per heavy atom. The molecule has 0 amide bonds. The van der Waals surface area contributed by atoms with Gasteiger partial charge in [0.25, 0.3) is 0 Å². The van der Waals surface area contributed by atoms with Crippen LogP contribution in [0.3, 0.4) is 0 Å². The summed E-state index contributed by atoms with van der Waals surface area (Å²) < 4.78 is 7.78. The number of methoxy groups -OCH3 is 1. The summed E-state index contributed by atoms with van der Waals surface area (Å²) in [6.45, 7) is 2.07. The second-order valence-corrected chi connectivity index (χ2v) is 5.50. The molecule has 0 bridgehead atoms. The molecule has 0 spiro atoms. The number of aromatic nitrogens is 2. The van der Waals surface area contributed by atoms with Crippen LogP contribution >= 0.6 is 0 Å². The molecule has 1 saturated carbocycles. The van der Waals surface area contributed by atoms with E-state index in [1.165, 1.54) is 25.7 Å². The van der Waals surface area contributed by atoms with Gasteiger partial charge in [0.05, 0.1) is 23.5 Å². The lowest BCUT2D eigenvalue weighted by Crippen LogP contribution is -2.43. The minimum Gasteiger partial charge on any atom is -0.376 e. The highest BCUT2D eigenvalue weighted by Gasteiger charge is 2.39. The predicted octanol–water partition coefficient (Wildman–Crippen LogP) is 2.47. The minimum atomic E-state index is -0.213. The maximum Gasteiger partial charge on any atom is 0.0885 e. The summed E-state index contributed by atoms with van der Waals surface area (Å²) in [6, 6.07) is -0.0897. The molecule has 1 aliphatic rings. The van der Waals surface area contributed by atoms with E-state index in [1.807, 2.05) is 17.9 Å². The molecule has 2 N–H and O–H groups in total. The molecule has 0 saturated heterocycles. The summed E-state index contributed by atoms with van der Waals surface area (Å²) in [5.41, 5.74) is 8.60. The Bertz CT molecular complexity index is 372. The van der Waals surface area contributed by atoms with Gasteiger partial charge in [-0.15, -0.1) is 0 Å². The second-order valence-electron chi connectivity index (χ2n) is 5.50. The van der Waals surface area contributed by atoms with Crippen molar-refractivity contribution in [3.05, 3.63) is 17.5 Å². The molecule has 0 aromatic carbocycles. The molecule has 18 heavy (non-hydrogen) atoms. The summed E-state index contributed by atoms with van der Waals surface area (Å²) in [7, 11) is 3.76. The molecule has 1 fully saturated rings. The van der Waals surface area contributed by atoms with E-state index in [9.17, 15) is 0 Å². The quantitative estimate of drug-likeness (QED) is 0.840. The van der Waals surface area contributed by atoms with E-state index in [2.05, 4.69) is 12.0 Å². The summed E-state index contributed by atoms with van der Waals surface area (Å²) in [5, 5.41) is 4.30. The van der Waals surface area contributed by atoms with Crippen LogP contribution in [0.15, 0.2) is 6.20 Å². The first-order valence-corrected chi connectivity index (χ1v) is 6.90. The summed E-state index contributed by atoms with van der Waals surface area (Å²) in [4.78, 5) is 0. The minimum absolute atomic E-state index is 0.0897. The predicted molar refractivity (Wildman–Crippen MR) is 72.3 cm³/mol. The van der Waals surface area contributed by atoms with E-state index in [4.69, 9.17) is 10.5 Å². The Labute approximate surface area is 110 Å². The molecule has 1 aromatic rings. The van der Waals surface area contributed by atoms with Crippen LogP contribution in [0.4, 0.5) is 0 Å². The smallest absolute Gasteiger partial charge is 0.0885 e. The number of nitrogens with zero attached hydrogens (tertiary/aromatic N) is 2. The largest absolute Gasteiger partial charge is 0.376 e. The molecular formula is C14H25N3O. The van der Waals surface area contributed by atoms with Gasteiger partial charge in [0.1, 0.15) is 0 Å². The van der Waals surface area contributed by atoms with E-state index in [-0.39, 0.29) is 11.6 Å². The average Bonchev–Trinajstić information content (AvgIpc) is 2.59. The van der Waals surface area contributed by atoms with Gasteiger partial charge in [0.2, 0.25) is 0 Å². The van der Waals surface area contributed by atoms with Gasteiger partial charge in [-0.3, -0.25) is 4.68 Å². The summed E-state index contributed by atoms with van der Waals surface area (Å²) in [6.07, 6.45) is 8.99. The topological polar surface area (TPSA) is 53.1 Å². The van der Waals surface area contributed by atoms with Crippen LogP contribution in [0.2, 0.25) is 0 Å². The van der Waals surface area contributed by atoms with Gasteiger partial charge in [0.15, 0.2) is 0 Å². The zero-order chi connectivity index (χ0) is 13.2. The van der Waals surface area contributed by atoms with Crippen LogP contribution in [-0.4, -0.2) is 22.5 Å². The fraction of sp³-hybridized carbons (Fsp3) is 0.786. The SMILES string of the molecule is COC1(C(N)c2c(C)cnn2C)CCCCCC1. The van der Waals surface area contributed by atoms with Crippen LogP contribution < -0.4 is 5.73 Å². The molecule has 1 aromatic heterocycles. The van der Waals surface area contributed by atoms with Gasteiger partial charge in [-0.05, 0) is 25.3 Å². The average molecular weight is 251 g/mol. The third-order valence-corrected chi connectivity index (χ3v) is 4.40. The Morgan fingerprint density at radius 1 is 1.33 bits per heavy atom. The van der Waals surface area contributed by atoms with Crippen LogP contribution in [0, 0.1) is 6.92 Å². The third kappa shape index (κ3) is 2.31. The first-order valence-electron chi connectivity index (χ1n) is 6.90. The molecule has 4 heteroatoms. The number of ether oxygens (including phenoxy) is 1. The Morgan fingerprint density at radius 3 is 2.39 bits per heavy atom. The Hall–Kier alpha value is -0.870. The molecule has 1 unspecified atom stereocenters. The van der Waals surface area contributed by atoms with Gasteiger partial charge in [-0.1, -0.05) is 25.7 Å². The van der Waals surface area contributed by atoms with Crippen LogP contribution in [-0.2, 0) is 11.8 Å². The van der Waals surface area contributed by atoms with Crippen LogP contribution in [0.5, 0.6) is 0 Å². The molecule has 4 nitrogen and oxygen atoms in total. The number of aryl methyl sites for hydroxylation is 2. The van der Waals surface area contributed by atoms with E-state index < -0.39 is 0 Å². The third-order valence-electron chi connectivity index (χ3n) is 4.40. The van der Waals surface area contributed by atoms with Crippen molar-refractivity contribution in [1.82, 2.24) is 9.78 Å². The van der Waals surface area contributed by atoms with Gasteiger partial charge in [0, 0.05) is 14.2 Å². The van der Waals surface area contributed by atoms with Crippen molar-refractivity contribution in [3.63, 3.8) is 0 Å². The summed E-state index contributed by atoms with van der Waals surface area (Å²) >= 11 is 0. The second kappa shape index (κ2) is 5.41. The van der Waals surface area contributed by atoms with E-state index in [0.29, 0.717) is 0 Å². The van der Waals surface area contributed by atoms with Crippen molar-refractivity contribution in [2.24, 2.45) is 12.8 Å². The summed E-state index contributed by atoms with van der Waals surface area (Å²) in [5.74, 6) is 0. The van der Waals surface area contributed by atoms with Gasteiger partial charge >= 0.3 is 0 Å². The molecule has 1 heterocycles. The lowest BCUT2D eigenvalue weighted by molar-refractivity contribution is -0.0460. The highest BCUT2D eigenvalue weighted by Crippen LogP contribution is 2.39. The van der Waals surface area contributed by atoms with Crippen molar-refractivity contribution in [3.8, 4) is 0 Å². The molecular weight excluding hydrogens is 226 g/mol. The number of rotatable bonds is 3. The van der Waals surface area contributed by atoms with Crippen molar-refractivity contribution >= 4 is 0 Å². The highest BCUT2D eigenvalue weighted by atomic mass is 16.5. The lowest BCUT2D eigenvalue weighted by atomic mass is 9.84. The van der Waals surface area contributed by atoms with Gasteiger partial charge in [-0.25, -0.2) is 0 Å². The van der Waals surface area contributed by atoms with E-state index in [0.717, 1.165) is 24.1 Å². The number of nitrogens with two attached hydrogens (primary N) is 1. The molecule has 102 valence electrons. The van der Waals surface area contributed by atoms with Gasteiger partial charge < -0.3 is 10.5 Å². The molecule has 1 atom stereocenters. The molecule has 1 aliphatic carbocycles. The van der Waals surface area contributed by atoms with Gasteiger partial charge in [-0.2, -0.15) is 5.10 Å². The highest BCUT2D eigenvalue weighted by molar-refractivity contribution is 5.22. The molecule has 0 radical (unpaired) electrons. The lowest BCUT2D eigenvalue weighted by Gasteiger charge is -2.37. The standard InChI is InChI=1S/C14H25N3O/c1-11-10-16-17(2)12(11)13(15)14(18-3)8-6-4-5-7-9-14/h10,13H,4-9,15H2,1-3H3. The van der Waals surface area contributed by atoms with Crippen molar-refractivity contribution in [2.45, 2.75) is 57.1 Å². The van der Waals surface area contributed by atoms with Crippen molar-refractivity contribution in [2.75, 3.05) is 7.11 Å². The fourth-order valence-electron chi connectivity index (χ4n) is 3.22. The van der Waals surface area contributed by atoms with Crippen LogP contribution in [0.25, 0.3) is 0 Å². The molecule has 0 aliphatic heterocycles.